The SMILES string of the molecule is COc1cccc([C@H]2O[C@H](CC(=O)N(CC(C)(C)CO)S(C)(=O)=O)C(=O)Nc3ccc(Cl)cc32)c1OC. The number of nitrogens with zero attached hydrogens (tertiary/aromatic N) is 1. The van der Waals surface area contributed by atoms with Gasteiger partial charge in [-0.15, -0.1) is 0 Å². The largest absolute Gasteiger partial charge is 0.493 e. The van der Waals surface area contributed by atoms with Crippen molar-refractivity contribution in [3.8, 4) is 11.5 Å². The first-order chi connectivity index (χ1) is 17.3. The summed E-state index contributed by atoms with van der Waals surface area (Å²) >= 11 is 6.27. The van der Waals surface area contributed by atoms with Gasteiger partial charge in [-0.3, -0.25) is 9.59 Å². The Bertz CT molecular complexity index is 1280. The summed E-state index contributed by atoms with van der Waals surface area (Å²) < 4.78 is 42.8. The average Bonchev–Trinajstić information content (AvgIpc) is 2.97. The summed E-state index contributed by atoms with van der Waals surface area (Å²) in [4.78, 5) is 26.4. The first-order valence-electron chi connectivity index (χ1n) is 11.4. The molecule has 10 nitrogen and oxygen atoms in total. The van der Waals surface area contributed by atoms with Gasteiger partial charge in [-0.2, -0.15) is 0 Å². The lowest BCUT2D eigenvalue weighted by molar-refractivity contribution is -0.139. The van der Waals surface area contributed by atoms with E-state index in [1.54, 1.807) is 50.2 Å². The third kappa shape index (κ3) is 6.53. The third-order valence-corrected chi connectivity index (χ3v) is 7.27. The first-order valence-corrected chi connectivity index (χ1v) is 13.6. The molecular formula is C25H31ClN2O8S. The minimum atomic E-state index is -4.00. The maximum Gasteiger partial charge on any atom is 0.254 e. The van der Waals surface area contributed by atoms with Crippen LogP contribution in [-0.4, -0.2) is 69.4 Å². The van der Waals surface area contributed by atoms with E-state index in [4.69, 9.17) is 25.8 Å². The van der Waals surface area contributed by atoms with Crippen molar-refractivity contribution < 1.29 is 37.3 Å². The van der Waals surface area contributed by atoms with Gasteiger partial charge in [0.15, 0.2) is 11.5 Å². The molecule has 12 heteroatoms. The van der Waals surface area contributed by atoms with E-state index >= 15 is 0 Å². The number of aliphatic hydroxyl groups excluding tert-OH is 1. The molecule has 2 atom stereocenters. The molecule has 0 bridgehead atoms. The average molecular weight is 555 g/mol. The normalized spacial score (nSPS) is 17.9. The lowest BCUT2D eigenvalue weighted by atomic mass is 9.95. The van der Waals surface area contributed by atoms with Crippen LogP contribution in [0.4, 0.5) is 5.69 Å². The second-order valence-corrected chi connectivity index (χ2v) is 11.8. The zero-order valence-electron chi connectivity index (χ0n) is 21.3. The van der Waals surface area contributed by atoms with Gasteiger partial charge < -0.3 is 24.6 Å². The molecule has 0 unspecified atom stereocenters. The number of hydrogen-bond acceptors (Lipinski definition) is 8. The molecule has 2 amide bonds. The number of carbonyl (C=O) groups is 2. The fourth-order valence-electron chi connectivity index (χ4n) is 3.97. The predicted octanol–water partition coefficient (Wildman–Crippen LogP) is 2.98. The van der Waals surface area contributed by atoms with E-state index in [1.807, 2.05) is 0 Å². The Morgan fingerprint density at radius 2 is 1.89 bits per heavy atom. The van der Waals surface area contributed by atoms with Gasteiger partial charge in [0.1, 0.15) is 12.2 Å². The number of benzene rings is 2. The van der Waals surface area contributed by atoms with Gasteiger partial charge in [-0.05, 0) is 24.3 Å². The highest BCUT2D eigenvalue weighted by atomic mass is 35.5. The molecule has 2 N–H and O–H groups in total. The van der Waals surface area contributed by atoms with Crippen molar-refractivity contribution in [2.45, 2.75) is 32.5 Å². The number of carbonyl (C=O) groups excluding carboxylic acids is 2. The van der Waals surface area contributed by atoms with Crippen molar-refractivity contribution >= 4 is 39.1 Å². The molecule has 0 saturated heterocycles. The lowest BCUT2D eigenvalue weighted by Crippen LogP contribution is -2.46. The van der Waals surface area contributed by atoms with Crippen LogP contribution in [0.15, 0.2) is 36.4 Å². The Balaban J connectivity index is 2.06. The topological polar surface area (TPSA) is 131 Å². The molecule has 0 spiro atoms. The molecule has 37 heavy (non-hydrogen) atoms. The van der Waals surface area contributed by atoms with Crippen LogP contribution in [0.1, 0.15) is 37.5 Å². The lowest BCUT2D eigenvalue weighted by Gasteiger charge is -2.31. The molecule has 2 aromatic carbocycles. The number of halogens is 1. The van der Waals surface area contributed by atoms with Crippen molar-refractivity contribution in [1.82, 2.24) is 4.31 Å². The minimum Gasteiger partial charge on any atom is -0.493 e. The van der Waals surface area contributed by atoms with Gasteiger partial charge in [-0.25, -0.2) is 12.7 Å². The molecule has 1 aliphatic heterocycles. The van der Waals surface area contributed by atoms with E-state index in [0.717, 1.165) is 6.26 Å². The molecule has 202 valence electrons. The number of methoxy groups -OCH3 is 2. The van der Waals surface area contributed by atoms with Crippen LogP contribution in [-0.2, 0) is 24.3 Å². The van der Waals surface area contributed by atoms with Crippen LogP contribution in [0.2, 0.25) is 5.02 Å². The molecule has 2 aromatic rings. The van der Waals surface area contributed by atoms with E-state index in [0.29, 0.717) is 37.6 Å². The molecule has 0 fully saturated rings. The van der Waals surface area contributed by atoms with Crippen molar-refractivity contribution in [1.29, 1.82) is 0 Å². The Hall–Kier alpha value is -2.86. The predicted molar refractivity (Wildman–Crippen MR) is 138 cm³/mol. The van der Waals surface area contributed by atoms with Gasteiger partial charge in [0.05, 0.1) is 26.9 Å². The summed E-state index contributed by atoms with van der Waals surface area (Å²) in [6, 6.07) is 10.0. The Kier molecular flexibility index (Phi) is 8.74. The molecule has 1 heterocycles. The van der Waals surface area contributed by atoms with Gasteiger partial charge >= 0.3 is 0 Å². The Morgan fingerprint density at radius 1 is 1.19 bits per heavy atom. The molecule has 0 aliphatic carbocycles. The number of nitrogens with one attached hydrogen (secondary N) is 1. The monoisotopic (exact) mass is 554 g/mol. The van der Waals surface area contributed by atoms with Crippen molar-refractivity contribution in [3.05, 3.63) is 52.5 Å². The number of aliphatic hydroxyl groups is 1. The zero-order valence-corrected chi connectivity index (χ0v) is 22.9. The first kappa shape index (κ1) is 28.7. The standard InChI is InChI=1S/C25H31ClN2O8S/c1-25(2,14-29)13-28(37(5,32)33)21(30)12-20-24(31)27-18-10-9-15(26)11-17(18)22(36-20)16-7-6-8-19(34-3)23(16)35-4/h6-11,20,22,29H,12-14H2,1-5H3,(H,27,31)/t20-,22-/m1/s1. The van der Waals surface area contributed by atoms with Crippen molar-refractivity contribution in [2.24, 2.45) is 5.41 Å². The molecule has 1 aliphatic rings. The van der Waals surface area contributed by atoms with E-state index < -0.39 is 45.9 Å². The number of fused-ring (bicyclic) bond motifs is 1. The number of rotatable bonds is 9. The number of ether oxygens (including phenoxy) is 3. The summed E-state index contributed by atoms with van der Waals surface area (Å²) in [5.41, 5.74) is 0.555. The molecule has 3 rings (SSSR count). The minimum absolute atomic E-state index is 0.265. The fourth-order valence-corrected chi connectivity index (χ4v) is 5.18. The van der Waals surface area contributed by atoms with Crippen molar-refractivity contribution in [2.75, 3.05) is 38.9 Å². The highest BCUT2D eigenvalue weighted by Gasteiger charge is 2.38. The van der Waals surface area contributed by atoms with Crippen LogP contribution >= 0.6 is 11.6 Å². The third-order valence-electron chi connectivity index (χ3n) is 5.90. The summed E-state index contributed by atoms with van der Waals surface area (Å²) in [6.45, 7) is 2.64. The maximum absolute atomic E-state index is 13.2. The summed E-state index contributed by atoms with van der Waals surface area (Å²) in [7, 11) is -1.04. The van der Waals surface area contributed by atoms with E-state index in [9.17, 15) is 23.1 Å². The number of amides is 2. The zero-order chi connectivity index (χ0) is 27.5. The number of para-hydroxylation sites is 1. The summed E-state index contributed by atoms with van der Waals surface area (Å²) in [6.07, 6.45) is -1.95. The van der Waals surface area contributed by atoms with Gasteiger partial charge in [0.2, 0.25) is 15.9 Å². The Morgan fingerprint density at radius 3 is 2.49 bits per heavy atom. The second-order valence-electron chi connectivity index (χ2n) is 9.50. The molecule has 0 aromatic heterocycles. The number of sulfonamides is 1. The van der Waals surface area contributed by atoms with Gasteiger partial charge in [-0.1, -0.05) is 37.6 Å². The fraction of sp³-hybridized carbons (Fsp3) is 0.440. The smallest absolute Gasteiger partial charge is 0.254 e. The van der Waals surface area contributed by atoms with Crippen LogP contribution in [0, 0.1) is 5.41 Å². The molecule has 0 radical (unpaired) electrons. The second kappa shape index (κ2) is 11.3. The van der Waals surface area contributed by atoms with Crippen LogP contribution in [0.3, 0.4) is 0 Å². The van der Waals surface area contributed by atoms with Gasteiger partial charge in [0, 0.05) is 40.4 Å². The van der Waals surface area contributed by atoms with E-state index in [2.05, 4.69) is 5.32 Å². The molecule has 0 saturated carbocycles. The summed E-state index contributed by atoms with van der Waals surface area (Å²) in [5, 5.41) is 12.8. The Labute approximate surface area is 221 Å². The van der Waals surface area contributed by atoms with Gasteiger partial charge in [0.25, 0.3) is 5.91 Å². The number of hydrogen-bond donors (Lipinski definition) is 2. The molecular weight excluding hydrogens is 524 g/mol. The quantitative estimate of drug-likeness (QED) is 0.483. The van der Waals surface area contributed by atoms with E-state index in [1.165, 1.54) is 14.2 Å². The van der Waals surface area contributed by atoms with Crippen LogP contribution < -0.4 is 14.8 Å². The number of anilines is 1. The van der Waals surface area contributed by atoms with E-state index in [-0.39, 0.29) is 13.2 Å². The van der Waals surface area contributed by atoms with Crippen LogP contribution in [0.25, 0.3) is 0 Å². The highest BCUT2D eigenvalue weighted by Crippen LogP contribution is 2.43. The maximum atomic E-state index is 13.2. The van der Waals surface area contributed by atoms with Crippen LogP contribution in [0.5, 0.6) is 11.5 Å². The highest BCUT2D eigenvalue weighted by molar-refractivity contribution is 7.88. The van der Waals surface area contributed by atoms with Crippen molar-refractivity contribution in [3.63, 3.8) is 0 Å². The summed E-state index contributed by atoms with van der Waals surface area (Å²) in [5.74, 6) is -0.679.